The summed E-state index contributed by atoms with van der Waals surface area (Å²) in [6, 6.07) is 6.12. The molecule has 1 saturated heterocycles. The van der Waals surface area contributed by atoms with Crippen molar-refractivity contribution in [2.45, 2.75) is 40.0 Å². The number of nitrogens with one attached hydrogen (secondary N) is 1. The van der Waals surface area contributed by atoms with Crippen molar-refractivity contribution in [1.29, 1.82) is 0 Å². The Hall–Kier alpha value is -2.63. The topological polar surface area (TPSA) is 61.4 Å². The Kier molecular flexibility index (Phi) is 6.27. The Balaban J connectivity index is 1.68. The van der Waals surface area contributed by atoms with Crippen LogP contribution in [0, 0.1) is 6.92 Å². The molecule has 1 aliphatic rings. The zero-order valence-corrected chi connectivity index (χ0v) is 16.5. The third-order valence-corrected chi connectivity index (χ3v) is 5.13. The standard InChI is InChI=1S/C21H29N5O/c1-4-25(5-2)18-9-10-19(16(3)13-18)24-20(27)17-14-22-21(23-15-17)26-11-7-6-8-12-26/h9-10,13-15H,4-8,11-12H2,1-3H3,(H,24,27). The highest BCUT2D eigenvalue weighted by Crippen LogP contribution is 2.23. The SMILES string of the molecule is CCN(CC)c1ccc(NC(=O)c2cnc(N3CCCCC3)nc2)c(C)c1. The van der Waals surface area contributed by atoms with Crippen LogP contribution in [-0.2, 0) is 0 Å². The van der Waals surface area contributed by atoms with Gasteiger partial charge in [0.2, 0.25) is 5.95 Å². The summed E-state index contributed by atoms with van der Waals surface area (Å²) < 4.78 is 0. The van der Waals surface area contributed by atoms with Crippen LogP contribution in [0.5, 0.6) is 0 Å². The second-order valence-electron chi connectivity index (χ2n) is 6.95. The van der Waals surface area contributed by atoms with Crippen molar-refractivity contribution in [3.63, 3.8) is 0 Å². The molecule has 27 heavy (non-hydrogen) atoms. The fourth-order valence-electron chi connectivity index (χ4n) is 3.46. The van der Waals surface area contributed by atoms with E-state index in [1.807, 2.05) is 19.1 Å². The van der Waals surface area contributed by atoms with Crippen LogP contribution in [0.15, 0.2) is 30.6 Å². The van der Waals surface area contributed by atoms with Gasteiger partial charge in [0.1, 0.15) is 0 Å². The first kappa shape index (κ1) is 19.1. The normalized spacial score (nSPS) is 14.1. The Morgan fingerprint density at radius 1 is 1.11 bits per heavy atom. The van der Waals surface area contributed by atoms with Gasteiger partial charge in [0.05, 0.1) is 5.56 Å². The maximum Gasteiger partial charge on any atom is 0.258 e. The Morgan fingerprint density at radius 2 is 1.78 bits per heavy atom. The van der Waals surface area contributed by atoms with Crippen LogP contribution in [-0.4, -0.2) is 42.1 Å². The molecule has 1 aliphatic heterocycles. The average molecular weight is 367 g/mol. The summed E-state index contributed by atoms with van der Waals surface area (Å²) in [6.07, 6.45) is 6.85. The van der Waals surface area contributed by atoms with Crippen LogP contribution in [0.25, 0.3) is 0 Å². The van der Waals surface area contributed by atoms with Crippen molar-refractivity contribution in [1.82, 2.24) is 9.97 Å². The van der Waals surface area contributed by atoms with Gasteiger partial charge in [-0.05, 0) is 63.8 Å². The minimum Gasteiger partial charge on any atom is -0.372 e. The number of hydrogen-bond acceptors (Lipinski definition) is 5. The summed E-state index contributed by atoms with van der Waals surface area (Å²) in [4.78, 5) is 25.8. The molecule has 0 saturated carbocycles. The minimum atomic E-state index is -0.182. The van der Waals surface area contributed by atoms with Gasteiger partial charge < -0.3 is 15.1 Å². The van der Waals surface area contributed by atoms with Crippen LogP contribution < -0.4 is 15.1 Å². The number of carbonyl (C=O) groups excluding carboxylic acids is 1. The predicted molar refractivity (Wildman–Crippen MR) is 111 cm³/mol. The molecule has 2 heterocycles. The van der Waals surface area contributed by atoms with Gasteiger partial charge >= 0.3 is 0 Å². The van der Waals surface area contributed by atoms with Gasteiger partial charge in [-0.15, -0.1) is 0 Å². The number of anilines is 3. The lowest BCUT2D eigenvalue weighted by Crippen LogP contribution is -2.31. The lowest BCUT2D eigenvalue weighted by atomic mass is 10.1. The highest BCUT2D eigenvalue weighted by Gasteiger charge is 2.15. The second-order valence-corrected chi connectivity index (χ2v) is 6.95. The highest BCUT2D eigenvalue weighted by molar-refractivity contribution is 6.04. The molecule has 0 unspecified atom stereocenters. The first-order valence-electron chi connectivity index (χ1n) is 9.86. The Morgan fingerprint density at radius 3 is 2.37 bits per heavy atom. The molecule has 0 bridgehead atoms. The van der Waals surface area contributed by atoms with E-state index in [1.54, 1.807) is 12.4 Å². The predicted octanol–water partition coefficient (Wildman–Crippen LogP) is 3.87. The summed E-state index contributed by atoms with van der Waals surface area (Å²) in [5.41, 5.74) is 3.50. The molecule has 1 aromatic heterocycles. The van der Waals surface area contributed by atoms with Gasteiger partial charge in [-0.25, -0.2) is 9.97 Å². The van der Waals surface area contributed by atoms with Crippen LogP contribution >= 0.6 is 0 Å². The van der Waals surface area contributed by atoms with Gasteiger partial charge in [0.15, 0.2) is 0 Å². The zero-order chi connectivity index (χ0) is 19.2. The molecular formula is C21H29N5O. The van der Waals surface area contributed by atoms with Crippen LogP contribution in [0.2, 0.25) is 0 Å². The second kappa shape index (κ2) is 8.84. The Labute approximate surface area is 161 Å². The quantitative estimate of drug-likeness (QED) is 0.840. The molecule has 0 atom stereocenters. The third kappa shape index (κ3) is 4.56. The first-order valence-corrected chi connectivity index (χ1v) is 9.86. The van der Waals surface area contributed by atoms with Crippen molar-refractivity contribution >= 4 is 23.2 Å². The molecule has 3 rings (SSSR count). The van der Waals surface area contributed by atoms with Crippen LogP contribution in [0.3, 0.4) is 0 Å². The maximum absolute atomic E-state index is 12.6. The number of benzene rings is 1. The smallest absolute Gasteiger partial charge is 0.258 e. The average Bonchev–Trinajstić information content (AvgIpc) is 2.71. The molecule has 6 nitrogen and oxygen atoms in total. The van der Waals surface area contributed by atoms with Crippen molar-refractivity contribution in [2.24, 2.45) is 0 Å². The van der Waals surface area contributed by atoms with E-state index in [9.17, 15) is 4.79 Å². The maximum atomic E-state index is 12.6. The number of nitrogens with zero attached hydrogens (tertiary/aromatic N) is 4. The van der Waals surface area contributed by atoms with E-state index >= 15 is 0 Å². The Bertz CT molecular complexity index is 765. The van der Waals surface area contributed by atoms with E-state index in [-0.39, 0.29) is 5.91 Å². The first-order chi connectivity index (χ1) is 13.1. The van der Waals surface area contributed by atoms with Gasteiger partial charge in [0.25, 0.3) is 5.91 Å². The van der Waals surface area contributed by atoms with E-state index in [0.29, 0.717) is 11.5 Å². The van der Waals surface area contributed by atoms with Crippen molar-refractivity contribution in [3.05, 3.63) is 41.7 Å². The van der Waals surface area contributed by atoms with E-state index in [1.165, 1.54) is 24.9 Å². The highest BCUT2D eigenvalue weighted by atomic mass is 16.1. The van der Waals surface area contributed by atoms with Crippen LogP contribution in [0.1, 0.15) is 49.0 Å². The molecule has 0 radical (unpaired) electrons. The molecule has 144 valence electrons. The minimum absolute atomic E-state index is 0.182. The summed E-state index contributed by atoms with van der Waals surface area (Å²) in [6.45, 7) is 10.2. The molecule has 0 spiro atoms. The van der Waals surface area contributed by atoms with Crippen molar-refractivity contribution < 1.29 is 4.79 Å². The molecule has 1 fully saturated rings. The number of piperidine rings is 1. The lowest BCUT2D eigenvalue weighted by molar-refractivity contribution is 0.102. The molecule has 0 aliphatic carbocycles. The summed E-state index contributed by atoms with van der Waals surface area (Å²) in [7, 11) is 0. The summed E-state index contributed by atoms with van der Waals surface area (Å²) >= 11 is 0. The fourth-order valence-corrected chi connectivity index (χ4v) is 3.46. The van der Waals surface area contributed by atoms with E-state index in [4.69, 9.17) is 0 Å². The van der Waals surface area contributed by atoms with Crippen molar-refractivity contribution in [2.75, 3.05) is 41.3 Å². The number of hydrogen-bond donors (Lipinski definition) is 1. The number of aryl methyl sites for hydroxylation is 1. The van der Waals surface area contributed by atoms with E-state index in [2.05, 4.69) is 45.0 Å². The molecular weight excluding hydrogens is 338 g/mol. The van der Waals surface area contributed by atoms with E-state index in [0.717, 1.165) is 37.4 Å². The summed E-state index contributed by atoms with van der Waals surface area (Å²) in [5, 5.41) is 2.98. The number of amides is 1. The van der Waals surface area contributed by atoms with Crippen molar-refractivity contribution in [3.8, 4) is 0 Å². The largest absolute Gasteiger partial charge is 0.372 e. The van der Waals surface area contributed by atoms with Gasteiger partial charge in [0, 0.05) is 49.9 Å². The summed E-state index contributed by atoms with van der Waals surface area (Å²) in [5.74, 6) is 0.532. The number of rotatable bonds is 6. The monoisotopic (exact) mass is 367 g/mol. The molecule has 6 heteroatoms. The van der Waals surface area contributed by atoms with Gasteiger partial charge in [-0.3, -0.25) is 4.79 Å². The molecule has 1 aromatic carbocycles. The molecule has 1 N–H and O–H groups in total. The fraction of sp³-hybridized carbons (Fsp3) is 0.476. The lowest BCUT2D eigenvalue weighted by Gasteiger charge is -2.26. The molecule has 1 amide bonds. The third-order valence-electron chi connectivity index (χ3n) is 5.13. The van der Waals surface area contributed by atoms with Crippen LogP contribution in [0.4, 0.5) is 17.3 Å². The number of carbonyl (C=O) groups is 1. The molecule has 2 aromatic rings. The number of aromatic nitrogens is 2. The van der Waals surface area contributed by atoms with Gasteiger partial charge in [-0.1, -0.05) is 0 Å². The van der Waals surface area contributed by atoms with Gasteiger partial charge in [-0.2, -0.15) is 0 Å². The zero-order valence-electron chi connectivity index (χ0n) is 16.5. The van der Waals surface area contributed by atoms with E-state index < -0.39 is 0 Å².